The highest BCUT2D eigenvalue weighted by molar-refractivity contribution is 6.34. The van der Waals surface area contributed by atoms with Crippen molar-refractivity contribution in [3.05, 3.63) is 82.9 Å². The van der Waals surface area contributed by atoms with E-state index in [1.165, 1.54) is 6.07 Å². The Labute approximate surface area is 200 Å². The number of nitrogen functional groups attached to an aromatic ring is 1. The normalized spacial score (nSPS) is 12.8. The van der Waals surface area contributed by atoms with Gasteiger partial charge in [0.05, 0.1) is 16.2 Å². The minimum atomic E-state index is -0.319. The Bertz CT molecular complexity index is 1230. The van der Waals surface area contributed by atoms with Gasteiger partial charge in [-0.1, -0.05) is 50.6 Å². The van der Waals surface area contributed by atoms with E-state index in [-0.39, 0.29) is 12.4 Å². The van der Waals surface area contributed by atoms with Crippen LogP contribution >= 0.6 is 11.6 Å². The Kier molecular flexibility index (Phi) is 8.23. The number of hydrogen-bond donors (Lipinski definition) is 2. The lowest BCUT2D eigenvalue weighted by Gasteiger charge is -2.14. The fourth-order valence-electron chi connectivity index (χ4n) is 3.22. The molecule has 6 heteroatoms. The summed E-state index contributed by atoms with van der Waals surface area (Å²) < 4.78 is 14.2. The summed E-state index contributed by atoms with van der Waals surface area (Å²) in [6.45, 7) is 8.62. The van der Waals surface area contributed by atoms with Crippen molar-refractivity contribution in [1.29, 1.82) is 0 Å². The second-order valence-electron chi connectivity index (χ2n) is 8.24. The lowest BCUT2D eigenvalue weighted by atomic mass is 10.0. The van der Waals surface area contributed by atoms with Crippen LogP contribution in [0.3, 0.4) is 0 Å². The molecule has 0 saturated carbocycles. The zero-order valence-electron chi connectivity index (χ0n) is 19.5. The van der Waals surface area contributed by atoms with Gasteiger partial charge in [0.25, 0.3) is 0 Å². The third-order valence-electron chi connectivity index (χ3n) is 5.46. The molecule has 2 aromatic carbocycles. The molecule has 172 valence electrons. The van der Waals surface area contributed by atoms with E-state index in [9.17, 15) is 4.39 Å². The van der Waals surface area contributed by atoms with Gasteiger partial charge in [0, 0.05) is 41.3 Å². The molecule has 0 atom stereocenters. The van der Waals surface area contributed by atoms with Crippen LogP contribution in [0.15, 0.2) is 65.9 Å². The molecule has 33 heavy (non-hydrogen) atoms. The number of pyridine rings is 1. The molecule has 1 heterocycles. The minimum absolute atomic E-state index is 0.246. The first-order valence-electron chi connectivity index (χ1n) is 11.1. The lowest BCUT2D eigenvalue weighted by molar-refractivity contribution is 0.613. The summed E-state index contributed by atoms with van der Waals surface area (Å²) in [5.74, 6) is 0.0562. The lowest BCUT2D eigenvalue weighted by Crippen LogP contribution is -2.04. The SMILES string of the molecule is CC/C=C/C(=C\N=C(C)C(C)C)c1ccc2ncc(Cl)c(NCc3cc(N)ccc3F)c2c1. The van der Waals surface area contributed by atoms with E-state index in [0.29, 0.717) is 27.9 Å². The van der Waals surface area contributed by atoms with E-state index < -0.39 is 0 Å². The molecular formula is C27H30ClFN4. The molecule has 0 spiro atoms. The first kappa shape index (κ1) is 24.5. The number of nitrogens with one attached hydrogen (secondary N) is 1. The topological polar surface area (TPSA) is 63.3 Å². The summed E-state index contributed by atoms with van der Waals surface area (Å²) in [5.41, 5.74) is 11.3. The second-order valence-corrected chi connectivity index (χ2v) is 8.64. The summed E-state index contributed by atoms with van der Waals surface area (Å²) in [5, 5.41) is 4.60. The molecule has 4 nitrogen and oxygen atoms in total. The van der Waals surface area contributed by atoms with Crippen molar-refractivity contribution >= 4 is 45.2 Å². The van der Waals surface area contributed by atoms with Crippen LogP contribution in [0, 0.1) is 11.7 Å². The van der Waals surface area contributed by atoms with Gasteiger partial charge in [0.15, 0.2) is 0 Å². The molecule has 0 aliphatic carbocycles. The summed E-state index contributed by atoms with van der Waals surface area (Å²) in [7, 11) is 0. The van der Waals surface area contributed by atoms with Crippen LogP contribution in [-0.4, -0.2) is 10.7 Å². The molecule has 0 aliphatic rings. The van der Waals surface area contributed by atoms with Crippen molar-refractivity contribution in [1.82, 2.24) is 4.98 Å². The molecule has 0 saturated heterocycles. The number of hydrogen-bond acceptors (Lipinski definition) is 4. The molecule has 3 N–H and O–H groups in total. The third-order valence-corrected chi connectivity index (χ3v) is 5.74. The van der Waals surface area contributed by atoms with Gasteiger partial charge in [-0.2, -0.15) is 0 Å². The summed E-state index contributed by atoms with van der Waals surface area (Å²) in [4.78, 5) is 9.12. The third kappa shape index (κ3) is 6.20. The maximum absolute atomic E-state index is 14.2. The van der Waals surface area contributed by atoms with Gasteiger partial charge < -0.3 is 11.1 Å². The van der Waals surface area contributed by atoms with Gasteiger partial charge in [0.1, 0.15) is 5.82 Å². The Morgan fingerprint density at radius 1 is 1.24 bits per heavy atom. The number of aromatic nitrogens is 1. The molecule has 0 radical (unpaired) electrons. The summed E-state index contributed by atoms with van der Waals surface area (Å²) >= 11 is 6.50. The zero-order valence-corrected chi connectivity index (χ0v) is 20.2. The van der Waals surface area contributed by atoms with Gasteiger partial charge in [-0.25, -0.2) is 4.39 Å². The van der Waals surface area contributed by atoms with Gasteiger partial charge in [-0.05, 0) is 60.7 Å². The maximum atomic E-state index is 14.2. The minimum Gasteiger partial charge on any atom is -0.399 e. The fraction of sp³-hybridized carbons (Fsp3) is 0.259. The monoisotopic (exact) mass is 464 g/mol. The molecule has 0 unspecified atom stereocenters. The average molecular weight is 465 g/mol. The quantitative estimate of drug-likeness (QED) is 0.204. The number of aliphatic imine (C=N–C) groups is 1. The molecule has 3 rings (SSSR count). The van der Waals surface area contributed by atoms with Crippen LogP contribution < -0.4 is 11.1 Å². The van der Waals surface area contributed by atoms with E-state index in [2.05, 4.69) is 48.2 Å². The van der Waals surface area contributed by atoms with E-state index in [0.717, 1.165) is 34.2 Å². The molecule has 3 aromatic rings. The highest BCUT2D eigenvalue weighted by atomic mass is 35.5. The number of rotatable bonds is 8. The van der Waals surface area contributed by atoms with E-state index >= 15 is 0 Å². The first-order chi connectivity index (χ1) is 15.8. The van der Waals surface area contributed by atoms with Crippen LogP contribution in [0.1, 0.15) is 45.2 Å². The van der Waals surface area contributed by atoms with Crippen molar-refractivity contribution in [3.63, 3.8) is 0 Å². The molecular weight excluding hydrogens is 435 g/mol. The second kappa shape index (κ2) is 11.1. The van der Waals surface area contributed by atoms with Gasteiger partial charge in [-0.3, -0.25) is 9.98 Å². The zero-order chi connectivity index (χ0) is 24.0. The van der Waals surface area contributed by atoms with Crippen LogP contribution in [0.4, 0.5) is 15.8 Å². The first-order valence-corrected chi connectivity index (χ1v) is 11.4. The average Bonchev–Trinajstić information content (AvgIpc) is 2.80. The number of anilines is 2. The predicted molar refractivity (Wildman–Crippen MR) is 140 cm³/mol. The van der Waals surface area contributed by atoms with Crippen LogP contribution in [0.5, 0.6) is 0 Å². The highest BCUT2D eigenvalue weighted by Crippen LogP contribution is 2.33. The van der Waals surface area contributed by atoms with Gasteiger partial charge >= 0.3 is 0 Å². The molecule has 0 fully saturated rings. The molecule has 0 aliphatic heterocycles. The number of benzene rings is 2. The van der Waals surface area contributed by atoms with E-state index in [1.54, 1.807) is 18.3 Å². The smallest absolute Gasteiger partial charge is 0.128 e. The Hall–Kier alpha value is -3.18. The van der Waals surface area contributed by atoms with Gasteiger partial charge in [-0.15, -0.1) is 0 Å². The van der Waals surface area contributed by atoms with Crippen molar-refractivity contribution in [3.8, 4) is 0 Å². The summed E-state index contributed by atoms with van der Waals surface area (Å²) in [6.07, 6.45) is 8.60. The van der Waals surface area contributed by atoms with Crippen LogP contribution in [0.2, 0.25) is 5.02 Å². The Balaban J connectivity index is 2.04. The number of halogens is 2. The number of nitrogens with zero attached hydrogens (tertiary/aromatic N) is 2. The van der Waals surface area contributed by atoms with Crippen molar-refractivity contribution < 1.29 is 4.39 Å². The number of nitrogens with two attached hydrogens (primary N) is 1. The number of allylic oxidation sites excluding steroid dienone is 3. The Morgan fingerprint density at radius 3 is 2.76 bits per heavy atom. The molecule has 0 bridgehead atoms. The molecule has 0 amide bonds. The standard InChI is InChI=1S/C27H30ClFN4/c1-5-6-7-20(14-31-18(4)17(2)3)19-8-11-26-23(13-19)27(24(28)16-32-26)33-15-21-12-22(30)9-10-25(21)29/h6-14,16-17H,5,15,30H2,1-4H3,(H,32,33)/b7-6+,20-14+,31-18?. The summed E-state index contributed by atoms with van der Waals surface area (Å²) in [6, 6.07) is 10.6. The number of fused-ring (bicyclic) bond motifs is 1. The van der Waals surface area contributed by atoms with E-state index in [4.69, 9.17) is 17.3 Å². The Morgan fingerprint density at radius 2 is 2.03 bits per heavy atom. The van der Waals surface area contributed by atoms with Crippen LogP contribution in [-0.2, 0) is 6.54 Å². The predicted octanol–water partition coefficient (Wildman–Crippen LogP) is 7.65. The fourth-order valence-corrected chi connectivity index (χ4v) is 3.44. The van der Waals surface area contributed by atoms with Gasteiger partial charge in [0.2, 0.25) is 0 Å². The molecule has 1 aromatic heterocycles. The highest BCUT2D eigenvalue weighted by Gasteiger charge is 2.11. The van der Waals surface area contributed by atoms with Crippen molar-refractivity contribution in [2.24, 2.45) is 10.9 Å². The van der Waals surface area contributed by atoms with E-state index in [1.807, 2.05) is 31.3 Å². The van der Waals surface area contributed by atoms with Crippen molar-refractivity contribution in [2.45, 2.75) is 40.7 Å². The van der Waals surface area contributed by atoms with Crippen LogP contribution in [0.25, 0.3) is 16.5 Å². The maximum Gasteiger partial charge on any atom is 0.128 e. The van der Waals surface area contributed by atoms with Crippen molar-refractivity contribution in [2.75, 3.05) is 11.1 Å². The largest absolute Gasteiger partial charge is 0.399 e.